The molecule has 6 heteroatoms. The molecular weight excluding hydrogens is 316 g/mol. The lowest BCUT2D eigenvalue weighted by molar-refractivity contribution is 0.0705. The van der Waals surface area contributed by atoms with E-state index in [1.165, 1.54) is 0 Å². The standard InChI is InChI=1S/C19H22N4O2/c1-14-12-18(21-8-5-9-25-11-10-24-2)23-17-7-4-3-6-16(17)22-19(23)15(14)13-20/h3-4,6-7,12,21H,5,8-11H2,1-2H3. The van der Waals surface area contributed by atoms with E-state index >= 15 is 0 Å². The number of methoxy groups -OCH3 is 1. The highest BCUT2D eigenvalue weighted by Gasteiger charge is 2.14. The number of benzene rings is 1. The molecule has 1 N–H and O–H groups in total. The van der Waals surface area contributed by atoms with E-state index in [0.717, 1.165) is 35.4 Å². The van der Waals surface area contributed by atoms with Gasteiger partial charge in [-0.2, -0.15) is 5.26 Å². The Balaban J connectivity index is 1.84. The molecule has 0 aliphatic rings. The lowest BCUT2D eigenvalue weighted by Crippen LogP contribution is -2.11. The van der Waals surface area contributed by atoms with Gasteiger partial charge in [0.15, 0.2) is 5.65 Å². The Hall–Kier alpha value is -2.62. The van der Waals surface area contributed by atoms with Crippen molar-refractivity contribution in [3.63, 3.8) is 0 Å². The molecule has 25 heavy (non-hydrogen) atoms. The fourth-order valence-corrected chi connectivity index (χ4v) is 2.86. The van der Waals surface area contributed by atoms with Crippen molar-refractivity contribution in [1.29, 1.82) is 5.26 Å². The molecule has 0 aliphatic carbocycles. The quantitative estimate of drug-likeness (QED) is 0.639. The first-order chi connectivity index (χ1) is 12.3. The minimum absolute atomic E-state index is 0.614. The van der Waals surface area contributed by atoms with Crippen LogP contribution in [0.4, 0.5) is 5.82 Å². The monoisotopic (exact) mass is 338 g/mol. The molecule has 0 amide bonds. The smallest absolute Gasteiger partial charge is 0.157 e. The molecular formula is C19H22N4O2. The van der Waals surface area contributed by atoms with Crippen molar-refractivity contribution >= 4 is 22.5 Å². The molecule has 0 atom stereocenters. The number of aryl methyl sites for hydroxylation is 1. The van der Waals surface area contributed by atoms with E-state index in [9.17, 15) is 5.26 Å². The van der Waals surface area contributed by atoms with Crippen LogP contribution in [0.3, 0.4) is 0 Å². The van der Waals surface area contributed by atoms with E-state index in [1.807, 2.05) is 41.7 Å². The molecule has 3 rings (SSSR count). The number of nitrogens with zero attached hydrogens (tertiary/aromatic N) is 3. The van der Waals surface area contributed by atoms with Gasteiger partial charge in [-0.3, -0.25) is 4.40 Å². The molecule has 3 aromatic rings. The third-order valence-corrected chi connectivity index (χ3v) is 4.09. The number of imidazole rings is 1. The summed E-state index contributed by atoms with van der Waals surface area (Å²) in [6, 6.07) is 12.2. The van der Waals surface area contributed by atoms with Gasteiger partial charge in [0.1, 0.15) is 11.9 Å². The first-order valence-electron chi connectivity index (χ1n) is 8.37. The summed E-state index contributed by atoms with van der Waals surface area (Å²) in [4.78, 5) is 4.65. The van der Waals surface area contributed by atoms with Gasteiger partial charge in [-0.05, 0) is 37.1 Å². The van der Waals surface area contributed by atoms with Gasteiger partial charge in [0.2, 0.25) is 0 Å². The van der Waals surface area contributed by atoms with Gasteiger partial charge in [-0.1, -0.05) is 12.1 Å². The van der Waals surface area contributed by atoms with Gasteiger partial charge < -0.3 is 14.8 Å². The zero-order valence-corrected chi connectivity index (χ0v) is 14.6. The second-order valence-electron chi connectivity index (χ2n) is 5.84. The molecule has 0 unspecified atom stereocenters. The Labute approximate surface area is 147 Å². The van der Waals surface area contributed by atoms with Crippen molar-refractivity contribution in [1.82, 2.24) is 9.38 Å². The number of nitrogens with one attached hydrogen (secondary N) is 1. The summed E-state index contributed by atoms with van der Waals surface area (Å²) in [6.07, 6.45) is 0.886. The molecule has 2 aromatic heterocycles. The van der Waals surface area contributed by atoms with Gasteiger partial charge in [-0.15, -0.1) is 0 Å². The number of aromatic nitrogens is 2. The fraction of sp³-hybridized carbons (Fsp3) is 0.368. The lowest BCUT2D eigenvalue weighted by atomic mass is 10.1. The normalized spacial score (nSPS) is 11.1. The van der Waals surface area contributed by atoms with Gasteiger partial charge in [-0.25, -0.2) is 4.98 Å². The number of ether oxygens (including phenoxy) is 2. The molecule has 0 spiro atoms. The number of hydrogen-bond donors (Lipinski definition) is 1. The van der Waals surface area contributed by atoms with E-state index in [2.05, 4.69) is 16.4 Å². The zero-order chi connectivity index (χ0) is 17.6. The number of rotatable bonds is 8. The number of hydrogen-bond acceptors (Lipinski definition) is 5. The Morgan fingerprint density at radius 2 is 2.08 bits per heavy atom. The summed E-state index contributed by atoms with van der Waals surface area (Å²) in [6.45, 7) is 4.63. The highest BCUT2D eigenvalue weighted by atomic mass is 16.5. The fourth-order valence-electron chi connectivity index (χ4n) is 2.86. The van der Waals surface area contributed by atoms with E-state index < -0.39 is 0 Å². The van der Waals surface area contributed by atoms with Crippen LogP contribution < -0.4 is 5.32 Å². The molecule has 130 valence electrons. The van der Waals surface area contributed by atoms with Crippen LogP contribution in [0, 0.1) is 18.3 Å². The van der Waals surface area contributed by atoms with Gasteiger partial charge >= 0.3 is 0 Å². The van der Waals surface area contributed by atoms with E-state index in [4.69, 9.17) is 9.47 Å². The first kappa shape index (κ1) is 17.2. The maximum Gasteiger partial charge on any atom is 0.157 e. The van der Waals surface area contributed by atoms with Crippen molar-refractivity contribution < 1.29 is 9.47 Å². The SMILES string of the molecule is COCCOCCCNc1cc(C)c(C#N)c2nc3ccccc3n12. The molecule has 0 fully saturated rings. The van der Waals surface area contributed by atoms with Crippen LogP contribution in [-0.4, -0.2) is 42.9 Å². The van der Waals surface area contributed by atoms with E-state index in [1.54, 1.807) is 7.11 Å². The number of para-hydroxylation sites is 2. The molecule has 0 aliphatic heterocycles. The summed E-state index contributed by atoms with van der Waals surface area (Å²) in [7, 11) is 1.67. The van der Waals surface area contributed by atoms with Gasteiger partial charge in [0, 0.05) is 20.3 Å². The molecule has 6 nitrogen and oxygen atoms in total. The van der Waals surface area contributed by atoms with Crippen LogP contribution in [0.25, 0.3) is 16.7 Å². The maximum atomic E-state index is 9.50. The Bertz CT molecular complexity index is 911. The van der Waals surface area contributed by atoms with Crippen molar-refractivity contribution in [2.24, 2.45) is 0 Å². The molecule has 0 bridgehead atoms. The Morgan fingerprint density at radius 1 is 1.24 bits per heavy atom. The average Bonchev–Trinajstić information content (AvgIpc) is 3.00. The van der Waals surface area contributed by atoms with Crippen LogP contribution in [0.1, 0.15) is 17.5 Å². The van der Waals surface area contributed by atoms with Gasteiger partial charge in [0.05, 0.1) is 29.8 Å². The maximum absolute atomic E-state index is 9.50. The summed E-state index contributed by atoms with van der Waals surface area (Å²) in [5, 5.41) is 13.0. The second kappa shape index (κ2) is 7.97. The Kier molecular flexibility index (Phi) is 5.49. The van der Waals surface area contributed by atoms with Gasteiger partial charge in [0.25, 0.3) is 0 Å². The third kappa shape index (κ3) is 3.58. The molecule has 0 saturated carbocycles. The topological polar surface area (TPSA) is 71.6 Å². The summed E-state index contributed by atoms with van der Waals surface area (Å²) in [5.74, 6) is 0.942. The minimum atomic E-state index is 0.614. The molecule has 0 radical (unpaired) electrons. The van der Waals surface area contributed by atoms with E-state index in [0.29, 0.717) is 31.0 Å². The highest BCUT2D eigenvalue weighted by Crippen LogP contribution is 2.26. The number of pyridine rings is 1. The third-order valence-electron chi connectivity index (χ3n) is 4.09. The second-order valence-corrected chi connectivity index (χ2v) is 5.84. The summed E-state index contributed by atoms with van der Waals surface area (Å²) in [5.41, 5.74) is 4.11. The molecule has 2 heterocycles. The summed E-state index contributed by atoms with van der Waals surface area (Å²) < 4.78 is 12.5. The van der Waals surface area contributed by atoms with Crippen LogP contribution in [0.15, 0.2) is 30.3 Å². The van der Waals surface area contributed by atoms with Crippen molar-refractivity contribution in [2.75, 3.05) is 38.8 Å². The Morgan fingerprint density at radius 3 is 2.88 bits per heavy atom. The van der Waals surface area contributed by atoms with Crippen molar-refractivity contribution in [2.45, 2.75) is 13.3 Å². The lowest BCUT2D eigenvalue weighted by Gasteiger charge is -2.12. The first-order valence-corrected chi connectivity index (χ1v) is 8.37. The number of fused-ring (bicyclic) bond motifs is 3. The number of nitriles is 1. The predicted molar refractivity (Wildman–Crippen MR) is 98.0 cm³/mol. The van der Waals surface area contributed by atoms with Crippen LogP contribution in [0.2, 0.25) is 0 Å². The van der Waals surface area contributed by atoms with Crippen LogP contribution in [0.5, 0.6) is 0 Å². The molecule has 0 saturated heterocycles. The zero-order valence-electron chi connectivity index (χ0n) is 14.6. The predicted octanol–water partition coefficient (Wildman–Crippen LogP) is 3.13. The van der Waals surface area contributed by atoms with Crippen molar-refractivity contribution in [3.8, 4) is 6.07 Å². The minimum Gasteiger partial charge on any atom is -0.382 e. The molecule has 1 aromatic carbocycles. The van der Waals surface area contributed by atoms with Crippen molar-refractivity contribution in [3.05, 3.63) is 41.5 Å². The van der Waals surface area contributed by atoms with Crippen LogP contribution in [-0.2, 0) is 9.47 Å². The van der Waals surface area contributed by atoms with E-state index in [-0.39, 0.29) is 0 Å². The highest BCUT2D eigenvalue weighted by molar-refractivity contribution is 5.85. The average molecular weight is 338 g/mol. The summed E-state index contributed by atoms with van der Waals surface area (Å²) >= 11 is 0. The largest absolute Gasteiger partial charge is 0.382 e. The number of anilines is 1. The van der Waals surface area contributed by atoms with Crippen LogP contribution >= 0.6 is 0 Å².